The van der Waals surface area contributed by atoms with Crippen LogP contribution >= 0.6 is 11.8 Å². The van der Waals surface area contributed by atoms with Crippen molar-refractivity contribution in [1.82, 2.24) is 5.16 Å². The summed E-state index contributed by atoms with van der Waals surface area (Å²) in [5, 5.41) is 4.38. The third-order valence-electron chi connectivity index (χ3n) is 4.04. The van der Waals surface area contributed by atoms with Gasteiger partial charge in [-0.05, 0) is 42.8 Å². The van der Waals surface area contributed by atoms with Crippen LogP contribution in [0.1, 0.15) is 17.0 Å². The molecule has 140 valence electrons. The van der Waals surface area contributed by atoms with Gasteiger partial charge in [0.05, 0.1) is 17.1 Å². The van der Waals surface area contributed by atoms with Gasteiger partial charge < -0.3 is 4.52 Å². The first-order valence-electron chi connectivity index (χ1n) is 8.60. The van der Waals surface area contributed by atoms with Gasteiger partial charge in [-0.1, -0.05) is 47.3 Å². The largest absolute Gasteiger partial charge is 0.360 e. The van der Waals surface area contributed by atoms with E-state index >= 15 is 0 Å². The van der Waals surface area contributed by atoms with Crippen molar-refractivity contribution in [3.05, 3.63) is 89.2 Å². The Hall–Kier alpha value is -3.19. The predicted octanol–water partition coefficient (Wildman–Crippen LogP) is 4.80. The first-order valence-corrected chi connectivity index (χ1v) is 9.59. The Morgan fingerprint density at radius 3 is 2.57 bits per heavy atom. The van der Waals surface area contributed by atoms with E-state index in [4.69, 9.17) is 4.52 Å². The Labute approximate surface area is 165 Å². The van der Waals surface area contributed by atoms with Gasteiger partial charge in [-0.15, -0.1) is 0 Å². The van der Waals surface area contributed by atoms with Crippen LogP contribution in [0.2, 0.25) is 0 Å². The van der Waals surface area contributed by atoms with Crippen LogP contribution in [-0.4, -0.2) is 16.2 Å². The molecule has 1 aliphatic rings. The van der Waals surface area contributed by atoms with E-state index < -0.39 is 0 Å². The van der Waals surface area contributed by atoms with Gasteiger partial charge >= 0.3 is 0 Å². The minimum atomic E-state index is -0.362. The minimum absolute atomic E-state index is 0.258. The SMILES string of the molecule is Cc1cc(CSC2=N/C(=C\c3ccccc3)C(=O)N2c2ccc(F)cc2)on1. The highest BCUT2D eigenvalue weighted by atomic mass is 32.2. The molecular formula is C21H16FN3O2S. The number of aliphatic imine (C=N–C) groups is 1. The first kappa shape index (κ1) is 18.2. The number of nitrogens with zero attached hydrogens (tertiary/aromatic N) is 3. The highest BCUT2D eigenvalue weighted by Gasteiger charge is 2.32. The van der Waals surface area contributed by atoms with Gasteiger partial charge in [-0.2, -0.15) is 0 Å². The molecule has 2 heterocycles. The number of halogens is 1. The van der Waals surface area contributed by atoms with E-state index in [-0.39, 0.29) is 11.7 Å². The molecule has 2 aromatic carbocycles. The molecule has 0 aliphatic carbocycles. The number of aryl methyl sites for hydroxylation is 1. The fourth-order valence-corrected chi connectivity index (χ4v) is 3.63. The number of aromatic nitrogens is 1. The van der Waals surface area contributed by atoms with E-state index in [1.807, 2.05) is 43.3 Å². The molecule has 0 spiro atoms. The number of carbonyl (C=O) groups is 1. The van der Waals surface area contributed by atoms with E-state index in [1.165, 1.54) is 28.8 Å². The van der Waals surface area contributed by atoms with Crippen LogP contribution in [0, 0.1) is 12.7 Å². The molecule has 0 atom stereocenters. The van der Waals surface area contributed by atoms with Gasteiger partial charge in [0.15, 0.2) is 5.17 Å². The lowest BCUT2D eigenvalue weighted by molar-refractivity contribution is -0.113. The Kier molecular flexibility index (Phi) is 5.08. The van der Waals surface area contributed by atoms with Crippen molar-refractivity contribution in [2.24, 2.45) is 4.99 Å². The molecule has 1 aliphatic heterocycles. The minimum Gasteiger partial charge on any atom is -0.360 e. The molecule has 28 heavy (non-hydrogen) atoms. The zero-order valence-electron chi connectivity index (χ0n) is 15.0. The van der Waals surface area contributed by atoms with E-state index in [1.54, 1.807) is 18.2 Å². The third-order valence-corrected chi connectivity index (χ3v) is 5.00. The molecule has 0 saturated heterocycles. The lowest BCUT2D eigenvalue weighted by Crippen LogP contribution is -2.30. The molecule has 0 N–H and O–H groups in total. The maximum atomic E-state index is 13.3. The smallest absolute Gasteiger partial charge is 0.283 e. The second-order valence-electron chi connectivity index (χ2n) is 6.17. The number of thioether (sulfide) groups is 1. The number of amides is 1. The van der Waals surface area contributed by atoms with Crippen LogP contribution in [0.25, 0.3) is 6.08 Å². The van der Waals surface area contributed by atoms with E-state index in [0.29, 0.717) is 28.1 Å². The number of carbonyl (C=O) groups excluding carboxylic acids is 1. The summed E-state index contributed by atoms with van der Waals surface area (Å²) in [7, 11) is 0. The number of hydrogen-bond acceptors (Lipinski definition) is 5. The average molecular weight is 393 g/mol. The van der Waals surface area contributed by atoms with Crippen LogP contribution in [0.15, 0.2) is 75.9 Å². The van der Waals surface area contributed by atoms with Gasteiger partial charge in [0.2, 0.25) is 0 Å². The molecule has 5 nitrogen and oxygen atoms in total. The van der Waals surface area contributed by atoms with Crippen molar-refractivity contribution < 1.29 is 13.7 Å². The summed E-state index contributed by atoms with van der Waals surface area (Å²) in [5.41, 5.74) is 2.56. The van der Waals surface area contributed by atoms with Gasteiger partial charge in [-0.25, -0.2) is 9.38 Å². The summed E-state index contributed by atoms with van der Waals surface area (Å²) in [5.74, 6) is 0.547. The molecule has 0 radical (unpaired) electrons. The van der Waals surface area contributed by atoms with E-state index in [2.05, 4.69) is 10.1 Å². The van der Waals surface area contributed by atoms with Crippen LogP contribution in [0.4, 0.5) is 10.1 Å². The summed E-state index contributed by atoms with van der Waals surface area (Å²) in [4.78, 5) is 19.0. The van der Waals surface area contributed by atoms with E-state index in [9.17, 15) is 9.18 Å². The monoisotopic (exact) mass is 393 g/mol. The maximum Gasteiger partial charge on any atom is 0.283 e. The standard InChI is InChI=1S/C21H16FN3O2S/c1-14-11-18(27-24-14)13-28-21-23-19(12-15-5-3-2-4-6-15)20(26)25(21)17-9-7-16(22)8-10-17/h2-12H,13H2,1H3/b19-12-. The van der Waals surface area contributed by atoms with Crippen molar-refractivity contribution in [3.8, 4) is 0 Å². The summed E-state index contributed by atoms with van der Waals surface area (Å²) in [6.45, 7) is 1.85. The molecule has 1 amide bonds. The summed E-state index contributed by atoms with van der Waals surface area (Å²) in [6.07, 6.45) is 1.74. The zero-order chi connectivity index (χ0) is 19.5. The molecule has 4 rings (SSSR count). The van der Waals surface area contributed by atoms with Gasteiger partial charge in [-0.3, -0.25) is 9.69 Å². The van der Waals surface area contributed by atoms with Crippen LogP contribution in [0.3, 0.4) is 0 Å². The molecule has 3 aromatic rings. The number of benzene rings is 2. The van der Waals surface area contributed by atoms with Crippen molar-refractivity contribution in [2.75, 3.05) is 4.90 Å². The molecule has 0 bridgehead atoms. The molecule has 7 heteroatoms. The van der Waals surface area contributed by atoms with Crippen molar-refractivity contribution >= 4 is 34.6 Å². The summed E-state index contributed by atoms with van der Waals surface area (Å²) in [6, 6.07) is 17.1. The zero-order valence-corrected chi connectivity index (χ0v) is 15.8. The second kappa shape index (κ2) is 7.82. The maximum absolute atomic E-state index is 13.3. The number of hydrogen-bond donors (Lipinski definition) is 0. The van der Waals surface area contributed by atoms with Gasteiger partial charge in [0.25, 0.3) is 5.91 Å². The Bertz CT molecular complexity index is 1060. The number of rotatable bonds is 4. The first-order chi connectivity index (χ1) is 13.6. The quantitative estimate of drug-likeness (QED) is 0.598. The Morgan fingerprint density at radius 1 is 1.14 bits per heavy atom. The van der Waals surface area contributed by atoms with E-state index in [0.717, 1.165) is 11.3 Å². The molecule has 0 fully saturated rings. The molecule has 1 aromatic heterocycles. The normalized spacial score (nSPS) is 15.4. The van der Waals surface area contributed by atoms with Crippen molar-refractivity contribution in [1.29, 1.82) is 0 Å². The summed E-state index contributed by atoms with van der Waals surface area (Å²) < 4.78 is 18.6. The highest BCUT2D eigenvalue weighted by molar-refractivity contribution is 8.13. The predicted molar refractivity (Wildman–Crippen MR) is 108 cm³/mol. The fourth-order valence-electron chi connectivity index (χ4n) is 2.74. The lowest BCUT2D eigenvalue weighted by atomic mass is 10.2. The van der Waals surface area contributed by atoms with Crippen molar-refractivity contribution in [3.63, 3.8) is 0 Å². The highest BCUT2D eigenvalue weighted by Crippen LogP contribution is 2.31. The van der Waals surface area contributed by atoms with Crippen LogP contribution in [0.5, 0.6) is 0 Å². The Balaban J connectivity index is 1.66. The Morgan fingerprint density at radius 2 is 1.89 bits per heavy atom. The van der Waals surface area contributed by atoms with Gasteiger partial charge in [0, 0.05) is 6.07 Å². The topological polar surface area (TPSA) is 58.7 Å². The van der Waals surface area contributed by atoms with Crippen LogP contribution in [-0.2, 0) is 10.5 Å². The summed E-state index contributed by atoms with van der Waals surface area (Å²) >= 11 is 1.36. The number of amidine groups is 1. The molecule has 0 saturated carbocycles. The average Bonchev–Trinajstić information content (AvgIpc) is 3.25. The second-order valence-corrected chi connectivity index (χ2v) is 7.12. The lowest BCUT2D eigenvalue weighted by Gasteiger charge is -2.17. The van der Waals surface area contributed by atoms with Gasteiger partial charge in [0.1, 0.15) is 17.3 Å². The van der Waals surface area contributed by atoms with Crippen molar-refractivity contribution in [2.45, 2.75) is 12.7 Å². The van der Waals surface area contributed by atoms with Crippen LogP contribution < -0.4 is 4.90 Å². The number of anilines is 1. The molecular weight excluding hydrogens is 377 g/mol. The third kappa shape index (κ3) is 3.89. The molecule has 0 unspecified atom stereocenters. The fraction of sp³-hybridized carbons (Fsp3) is 0.0952.